The van der Waals surface area contributed by atoms with Gasteiger partial charge in [0.1, 0.15) is 18.8 Å². The summed E-state index contributed by atoms with van der Waals surface area (Å²) in [4.78, 5) is 91.2. The molecule has 0 aromatic rings. The molecule has 0 aliphatic carbocycles. The lowest BCUT2D eigenvalue weighted by atomic mass is 9.92. The fraction of sp³-hybridized carbons (Fsp3) is 0.674. The van der Waals surface area contributed by atoms with E-state index < -0.39 is 133 Å². The number of carboxylic acids is 2. The van der Waals surface area contributed by atoms with Gasteiger partial charge in [-0.25, -0.2) is 29.2 Å². The maximum absolute atomic E-state index is 13.4. The van der Waals surface area contributed by atoms with Crippen LogP contribution in [0.25, 0.3) is 0 Å². The molecule has 2 rings (SSSR count). The van der Waals surface area contributed by atoms with Crippen LogP contribution in [0.5, 0.6) is 0 Å². The summed E-state index contributed by atoms with van der Waals surface area (Å²) in [6, 6.07) is -5.12. The number of aliphatic imine (C=N–C) groups is 3. The molecule has 452 valence electrons. The van der Waals surface area contributed by atoms with Gasteiger partial charge in [0.25, 0.3) is 0 Å². The number of amides is 4. The van der Waals surface area contributed by atoms with Gasteiger partial charge in [0.05, 0.1) is 103 Å². The van der Waals surface area contributed by atoms with Crippen LogP contribution in [-0.4, -0.2) is 286 Å². The summed E-state index contributed by atoms with van der Waals surface area (Å²) >= 11 is 0. The van der Waals surface area contributed by atoms with Gasteiger partial charge in [0, 0.05) is 54.1 Å². The number of hydrogen-bond acceptors (Lipinski definition) is 22. The van der Waals surface area contributed by atoms with E-state index in [-0.39, 0.29) is 91.5 Å². The number of hydrogen-bond donors (Lipinski definition) is 13. The molecule has 10 atom stereocenters. The van der Waals surface area contributed by atoms with Crippen molar-refractivity contribution in [2.45, 2.75) is 74.6 Å². The van der Waals surface area contributed by atoms with Crippen LogP contribution in [-0.2, 0) is 61.8 Å². The summed E-state index contributed by atoms with van der Waals surface area (Å²) < 4.78 is 49.9. The topological polar surface area (TPSA) is 508 Å². The Hall–Kier alpha value is -7.49. The third-order valence-electron chi connectivity index (χ3n) is 11.2. The number of carbonyl (C=O) groups is 6. The molecule has 80 heavy (non-hydrogen) atoms. The Morgan fingerprint density at radius 3 is 1.38 bits per heavy atom. The van der Waals surface area contributed by atoms with Crippen molar-refractivity contribution in [2.24, 2.45) is 43.6 Å². The molecule has 0 saturated heterocycles. The van der Waals surface area contributed by atoms with Crippen molar-refractivity contribution in [3.63, 3.8) is 0 Å². The smallest absolute Gasteiger partial charge is 0.410 e. The molecule has 0 aromatic heterocycles. The molecule has 0 fully saturated rings. The molecule has 2 aliphatic heterocycles. The highest BCUT2D eigenvalue weighted by molar-refractivity contribution is 5.86. The Bertz CT molecular complexity index is 2070. The molecule has 0 aromatic carbocycles. The standard InChI is InChI=1S/C46H77N13O21/c1-6-12-72-18-20-76-21-19-73-13-7-52-44(51)59(10-16-74-14-8-57(4)45(70)79-36(30(64)24-60)38-34(53-26(2)62)28(55-42(47)48)22-32(77-38)40(66)67)11-17-75-15-9-58(5)46(71)80-37(31(65)25-61)39-35(54-27(3)63)29(56-43(49)50)23-33(78-39)41(68)69/h1,22-23,28-31,34-39,60-61,64-65H,7-21,24-25H2,2-5H3,(H2,51,52)(H,53,62)(H,54,63)(H,66,67)(H,68,69)(H4,47,48,55)(H4,49,50,56)/t28-,29-,30+,31+,34+,35+,36+,37+,38+,39+/m0/s1. The van der Waals surface area contributed by atoms with Crippen molar-refractivity contribution >= 4 is 53.8 Å². The number of aliphatic carboxylic acids is 2. The van der Waals surface area contributed by atoms with Gasteiger partial charge < -0.3 is 127 Å². The van der Waals surface area contributed by atoms with E-state index in [1.807, 2.05) is 0 Å². The largest absolute Gasteiger partial charge is 0.477 e. The van der Waals surface area contributed by atoms with Gasteiger partial charge in [-0.2, -0.15) is 0 Å². The first kappa shape index (κ1) is 68.6. The molecule has 18 N–H and O–H groups in total. The second kappa shape index (κ2) is 36.6. The van der Waals surface area contributed by atoms with Crippen LogP contribution in [0.15, 0.2) is 38.6 Å². The number of rotatable bonds is 36. The number of likely N-dealkylation sites (N-methyl/N-ethyl adjacent to an activating group) is 2. The number of nitrogens with zero attached hydrogens (tertiary/aromatic N) is 6. The van der Waals surface area contributed by atoms with Crippen molar-refractivity contribution in [1.82, 2.24) is 25.3 Å². The first-order valence-electron chi connectivity index (χ1n) is 24.7. The first-order valence-corrected chi connectivity index (χ1v) is 24.7. The number of nitrogens with two attached hydrogens (primary N) is 5. The van der Waals surface area contributed by atoms with E-state index >= 15 is 0 Å². The molecule has 34 nitrogen and oxygen atoms in total. The Labute approximate surface area is 460 Å². The molecule has 2 heterocycles. The number of nitrogens with one attached hydrogen (secondary N) is 2. The van der Waals surface area contributed by atoms with Crippen molar-refractivity contribution in [3.8, 4) is 12.3 Å². The van der Waals surface area contributed by atoms with Gasteiger partial charge in [-0.1, -0.05) is 5.92 Å². The third-order valence-corrected chi connectivity index (χ3v) is 11.2. The Kier molecular flexibility index (Phi) is 31.4. The average Bonchev–Trinajstić information content (AvgIpc) is 3.42. The summed E-state index contributed by atoms with van der Waals surface area (Å²) in [6.07, 6.45) is -5.50. The molecule has 0 unspecified atom stereocenters. The predicted octanol–water partition coefficient (Wildman–Crippen LogP) is -7.07. The minimum absolute atomic E-state index is 0.00797. The minimum Gasteiger partial charge on any atom is -0.477 e. The fourth-order valence-electron chi connectivity index (χ4n) is 7.32. The van der Waals surface area contributed by atoms with Crippen molar-refractivity contribution in [2.75, 3.05) is 126 Å². The summed E-state index contributed by atoms with van der Waals surface area (Å²) in [5, 5.41) is 65.9. The normalized spacial score (nSPS) is 20.2. The van der Waals surface area contributed by atoms with Crippen molar-refractivity contribution in [3.05, 3.63) is 23.7 Å². The van der Waals surface area contributed by atoms with Crippen LogP contribution in [0.2, 0.25) is 0 Å². The Morgan fingerprint density at radius 2 is 1.01 bits per heavy atom. The second-order valence-electron chi connectivity index (χ2n) is 17.4. The van der Waals surface area contributed by atoms with Gasteiger partial charge >= 0.3 is 24.1 Å². The fourth-order valence-corrected chi connectivity index (χ4v) is 7.32. The SMILES string of the molecule is C#CCOCCOCCOCCN=C(N)N(CCOCCN(C)C(=O)O[C@@H]([C@@H]1OC(C(=O)O)=C[C@H](N=C(N)N)[C@H]1NC(C)=O)[C@H](O)CO)CCOCCN(C)C(=O)O[C@@H]([C@@H]1OC(C(=O)O)=C[C@H](N=C(N)N)[C@H]1NC(C)=O)[C@H](O)CO. The summed E-state index contributed by atoms with van der Waals surface area (Å²) in [7, 11) is 2.65. The second-order valence-corrected chi connectivity index (χ2v) is 17.4. The van der Waals surface area contributed by atoms with E-state index in [4.69, 9.17) is 77.7 Å². The Balaban J connectivity index is 2.13. The van der Waals surface area contributed by atoms with Crippen LogP contribution in [0.1, 0.15) is 13.8 Å². The van der Waals surface area contributed by atoms with Gasteiger partial charge in [0.15, 0.2) is 42.3 Å². The zero-order chi connectivity index (χ0) is 59.9. The first-order chi connectivity index (χ1) is 37.9. The van der Waals surface area contributed by atoms with E-state index in [1.54, 1.807) is 4.90 Å². The van der Waals surface area contributed by atoms with E-state index in [0.29, 0.717) is 13.2 Å². The molecule has 0 saturated carbocycles. The maximum atomic E-state index is 13.4. The highest BCUT2D eigenvalue weighted by atomic mass is 16.6. The lowest BCUT2D eigenvalue weighted by molar-refractivity contribution is -0.147. The lowest BCUT2D eigenvalue weighted by Crippen LogP contribution is -2.61. The number of guanidine groups is 3. The van der Waals surface area contributed by atoms with Gasteiger partial charge in [-0.15, -0.1) is 6.42 Å². The number of carbonyl (C=O) groups excluding carboxylic acids is 4. The molecule has 34 heteroatoms. The number of carboxylic acid groups (broad SMARTS) is 2. The van der Waals surface area contributed by atoms with E-state index in [0.717, 1.165) is 35.8 Å². The minimum atomic E-state index is -1.85. The van der Waals surface area contributed by atoms with Gasteiger partial charge in [-0.05, 0) is 12.2 Å². The maximum Gasteiger partial charge on any atom is 0.410 e. The third kappa shape index (κ3) is 24.7. The summed E-state index contributed by atoms with van der Waals surface area (Å²) in [5.41, 5.74) is 28.6. The van der Waals surface area contributed by atoms with E-state index in [1.165, 1.54) is 14.1 Å². The van der Waals surface area contributed by atoms with Crippen LogP contribution in [0, 0.1) is 12.3 Å². The average molecular weight is 1150 g/mol. The molecular formula is C46H77N13O21. The summed E-state index contributed by atoms with van der Waals surface area (Å²) in [5.74, 6) is -4.35. The molecular weight excluding hydrogens is 1070 g/mol. The molecule has 0 spiro atoms. The molecule has 2 aliphatic rings. The number of aliphatic hydroxyl groups excluding tert-OH is 4. The zero-order valence-corrected chi connectivity index (χ0v) is 44.9. The van der Waals surface area contributed by atoms with Crippen molar-refractivity contribution < 1.29 is 102 Å². The van der Waals surface area contributed by atoms with Crippen LogP contribution >= 0.6 is 0 Å². The monoisotopic (exact) mass is 1150 g/mol. The van der Waals surface area contributed by atoms with Crippen LogP contribution in [0.3, 0.4) is 0 Å². The van der Waals surface area contributed by atoms with Crippen LogP contribution in [0.4, 0.5) is 9.59 Å². The predicted molar refractivity (Wildman–Crippen MR) is 279 cm³/mol. The van der Waals surface area contributed by atoms with E-state index in [9.17, 15) is 59.4 Å². The molecule has 4 amide bonds. The summed E-state index contributed by atoms with van der Waals surface area (Å²) in [6.45, 7) is 1.87. The lowest BCUT2D eigenvalue weighted by Gasteiger charge is -2.40. The van der Waals surface area contributed by atoms with E-state index in [2.05, 4.69) is 31.5 Å². The highest BCUT2D eigenvalue weighted by Crippen LogP contribution is 2.28. The van der Waals surface area contributed by atoms with Gasteiger partial charge in [-0.3, -0.25) is 14.6 Å². The number of terminal acetylenes is 1. The molecule has 0 radical (unpaired) electrons. The highest BCUT2D eigenvalue weighted by Gasteiger charge is 2.48. The number of ether oxygens (including phenoxy) is 9. The quantitative estimate of drug-likeness (QED) is 0.0120. The van der Waals surface area contributed by atoms with Crippen LogP contribution < -0.4 is 39.3 Å². The van der Waals surface area contributed by atoms with Gasteiger partial charge in [0.2, 0.25) is 23.3 Å². The Morgan fingerprint density at radius 1 is 0.637 bits per heavy atom. The van der Waals surface area contributed by atoms with Crippen molar-refractivity contribution in [1.29, 1.82) is 0 Å². The number of aliphatic hydroxyl groups is 4. The molecule has 0 bridgehead atoms. The zero-order valence-electron chi connectivity index (χ0n) is 44.9.